The number of nitrogens with zero attached hydrogens (tertiary/aromatic N) is 2. The Labute approximate surface area is 170 Å². The molecule has 3 aromatic rings. The molecular weight excluding hydrogens is 366 g/mol. The minimum atomic E-state index is -0.307. The second-order valence-corrected chi connectivity index (χ2v) is 6.97. The summed E-state index contributed by atoms with van der Waals surface area (Å²) in [6, 6.07) is 17.6. The third kappa shape index (κ3) is 3.61. The third-order valence-corrected chi connectivity index (χ3v) is 5.12. The van der Waals surface area contributed by atoms with Crippen molar-refractivity contribution in [3.05, 3.63) is 72.1 Å². The number of benzene rings is 2. The molecule has 0 saturated heterocycles. The Balaban J connectivity index is 1.55. The highest BCUT2D eigenvalue weighted by atomic mass is 16.5. The molecule has 6 heteroatoms. The van der Waals surface area contributed by atoms with Crippen molar-refractivity contribution in [2.24, 2.45) is 0 Å². The average Bonchev–Trinajstić information content (AvgIpc) is 3.09. The minimum absolute atomic E-state index is 0.307. The van der Waals surface area contributed by atoms with E-state index in [-0.39, 0.29) is 5.91 Å². The number of anilines is 3. The summed E-state index contributed by atoms with van der Waals surface area (Å²) in [6.07, 6.45) is 2.74. The van der Waals surface area contributed by atoms with Gasteiger partial charge in [0.2, 0.25) is 0 Å². The second-order valence-electron chi connectivity index (χ2n) is 6.97. The summed E-state index contributed by atoms with van der Waals surface area (Å²) >= 11 is 0. The van der Waals surface area contributed by atoms with Gasteiger partial charge in [-0.15, -0.1) is 0 Å². The van der Waals surface area contributed by atoms with Crippen LogP contribution < -0.4 is 19.7 Å². The summed E-state index contributed by atoms with van der Waals surface area (Å²) in [6.45, 7) is 2.19. The van der Waals surface area contributed by atoms with E-state index in [1.807, 2.05) is 12.1 Å². The van der Waals surface area contributed by atoms with Gasteiger partial charge in [-0.1, -0.05) is 18.2 Å². The lowest BCUT2D eigenvalue weighted by Crippen LogP contribution is -2.24. The molecule has 6 nitrogen and oxygen atoms in total. The van der Waals surface area contributed by atoms with Crippen LogP contribution in [0.3, 0.4) is 0 Å². The highest BCUT2D eigenvalue weighted by Crippen LogP contribution is 2.37. The molecule has 1 aliphatic rings. The number of nitrogens with one attached hydrogen (secondary N) is 1. The van der Waals surface area contributed by atoms with Crippen LogP contribution in [-0.4, -0.2) is 31.2 Å². The van der Waals surface area contributed by atoms with Crippen LogP contribution in [-0.2, 0) is 6.42 Å². The predicted octanol–water partition coefficient (Wildman–Crippen LogP) is 4.43. The third-order valence-electron chi connectivity index (χ3n) is 5.12. The maximum absolute atomic E-state index is 12.7. The first-order chi connectivity index (χ1) is 14.1. The molecule has 1 atom stereocenters. The maximum atomic E-state index is 12.7. The fraction of sp³-hybridized carbons (Fsp3) is 0.217. The van der Waals surface area contributed by atoms with E-state index in [9.17, 15) is 4.79 Å². The molecule has 0 saturated carbocycles. The predicted molar refractivity (Wildman–Crippen MR) is 113 cm³/mol. The number of carbonyl (C=O) groups excluding carboxylic acids is 1. The summed E-state index contributed by atoms with van der Waals surface area (Å²) in [5, 5.41) is 2.85. The van der Waals surface area contributed by atoms with E-state index in [1.54, 1.807) is 44.7 Å². The summed E-state index contributed by atoms with van der Waals surface area (Å²) in [4.78, 5) is 19.4. The monoisotopic (exact) mass is 389 g/mol. The number of methoxy groups -OCH3 is 2. The van der Waals surface area contributed by atoms with Crippen molar-refractivity contribution in [1.82, 2.24) is 4.98 Å². The molecule has 29 heavy (non-hydrogen) atoms. The zero-order valence-corrected chi connectivity index (χ0v) is 16.7. The van der Waals surface area contributed by atoms with E-state index in [0.717, 1.165) is 12.1 Å². The number of rotatable bonds is 5. The first-order valence-corrected chi connectivity index (χ1v) is 9.47. The van der Waals surface area contributed by atoms with E-state index >= 15 is 0 Å². The SMILES string of the molecule is COc1ccc(OC)c(NC(=O)c2ccc(N3c4ccccc4CC3C)cn2)c1. The molecule has 1 aliphatic heterocycles. The molecule has 0 bridgehead atoms. The normalized spacial score (nSPS) is 15.0. The summed E-state index contributed by atoms with van der Waals surface area (Å²) in [5.41, 5.74) is 4.36. The number of hydrogen-bond acceptors (Lipinski definition) is 5. The van der Waals surface area contributed by atoms with Crippen molar-refractivity contribution in [1.29, 1.82) is 0 Å². The highest BCUT2D eigenvalue weighted by molar-refractivity contribution is 6.04. The molecule has 4 rings (SSSR count). The number of aromatic nitrogens is 1. The molecule has 2 aromatic carbocycles. The van der Waals surface area contributed by atoms with Gasteiger partial charge in [-0.2, -0.15) is 0 Å². The van der Waals surface area contributed by atoms with Gasteiger partial charge in [0.1, 0.15) is 17.2 Å². The van der Waals surface area contributed by atoms with Crippen LogP contribution in [0, 0.1) is 0 Å². The number of fused-ring (bicyclic) bond motifs is 1. The summed E-state index contributed by atoms with van der Waals surface area (Å²) < 4.78 is 10.5. The minimum Gasteiger partial charge on any atom is -0.497 e. The van der Waals surface area contributed by atoms with Crippen LogP contribution in [0.15, 0.2) is 60.8 Å². The maximum Gasteiger partial charge on any atom is 0.274 e. The quantitative estimate of drug-likeness (QED) is 0.699. The molecule has 1 aromatic heterocycles. The van der Waals surface area contributed by atoms with Gasteiger partial charge >= 0.3 is 0 Å². The lowest BCUT2D eigenvalue weighted by atomic mass is 10.1. The van der Waals surface area contributed by atoms with Crippen molar-refractivity contribution in [3.8, 4) is 11.5 Å². The molecule has 1 unspecified atom stereocenters. The highest BCUT2D eigenvalue weighted by Gasteiger charge is 2.27. The van der Waals surface area contributed by atoms with Crippen molar-refractivity contribution in [3.63, 3.8) is 0 Å². The van der Waals surface area contributed by atoms with Crippen LogP contribution in [0.25, 0.3) is 0 Å². The smallest absolute Gasteiger partial charge is 0.274 e. The second kappa shape index (κ2) is 7.83. The molecule has 0 fully saturated rings. The van der Waals surface area contributed by atoms with Gasteiger partial charge in [-0.25, -0.2) is 4.98 Å². The average molecular weight is 389 g/mol. The molecule has 0 spiro atoms. The molecule has 148 valence electrons. The molecular formula is C23H23N3O3. The Hall–Kier alpha value is -3.54. The largest absolute Gasteiger partial charge is 0.497 e. The van der Waals surface area contributed by atoms with Crippen LogP contribution in [0.2, 0.25) is 0 Å². The Morgan fingerprint density at radius 2 is 1.93 bits per heavy atom. The van der Waals surface area contributed by atoms with Gasteiger partial charge < -0.3 is 19.7 Å². The molecule has 0 aliphatic carbocycles. The number of amides is 1. The molecule has 0 radical (unpaired) electrons. The van der Waals surface area contributed by atoms with E-state index in [1.165, 1.54) is 11.3 Å². The topological polar surface area (TPSA) is 63.7 Å². The Bertz CT molecular complexity index is 1030. The number of hydrogen-bond donors (Lipinski definition) is 1. The molecule has 2 heterocycles. The Kier molecular flexibility index (Phi) is 5.08. The standard InChI is InChI=1S/C23H23N3O3/c1-15-12-16-6-4-5-7-21(16)26(15)17-8-10-19(24-14-17)23(27)25-20-13-18(28-2)9-11-22(20)29-3/h4-11,13-15H,12H2,1-3H3,(H,25,27). The number of pyridine rings is 1. The Morgan fingerprint density at radius 1 is 1.10 bits per heavy atom. The van der Waals surface area contributed by atoms with Crippen molar-refractivity contribution < 1.29 is 14.3 Å². The zero-order valence-electron chi connectivity index (χ0n) is 16.7. The van der Waals surface area contributed by atoms with Crippen LogP contribution in [0.1, 0.15) is 23.0 Å². The number of carbonyl (C=O) groups is 1. The van der Waals surface area contributed by atoms with Gasteiger partial charge in [0.15, 0.2) is 0 Å². The first-order valence-electron chi connectivity index (χ1n) is 9.47. The van der Waals surface area contributed by atoms with Gasteiger partial charge in [0.25, 0.3) is 5.91 Å². The van der Waals surface area contributed by atoms with E-state index in [2.05, 4.69) is 40.3 Å². The first kappa shape index (κ1) is 18.8. The Morgan fingerprint density at radius 3 is 2.66 bits per heavy atom. The number of para-hydroxylation sites is 1. The van der Waals surface area contributed by atoms with Crippen molar-refractivity contribution >= 4 is 23.0 Å². The van der Waals surface area contributed by atoms with Crippen LogP contribution >= 0.6 is 0 Å². The fourth-order valence-corrected chi connectivity index (χ4v) is 3.72. The van der Waals surface area contributed by atoms with Gasteiger partial charge in [-0.3, -0.25) is 4.79 Å². The number of ether oxygens (including phenoxy) is 2. The summed E-state index contributed by atoms with van der Waals surface area (Å²) in [7, 11) is 3.13. The molecule has 1 amide bonds. The molecule has 1 N–H and O–H groups in total. The lowest BCUT2D eigenvalue weighted by molar-refractivity contribution is 0.102. The van der Waals surface area contributed by atoms with Crippen LogP contribution in [0.5, 0.6) is 11.5 Å². The zero-order chi connectivity index (χ0) is 20.4. The van der Waals surface area contributed by atoms with Gasteiger partial charge in [-0.05, 0) is 49.2 Å². The van der Waals surface area contributed by atoms with Crippen LogP contribution in [0.4, 0.5) is 17.1 Å². The van der Waals surface area contributed by atoms with Crippen molar-refractivity contribution in [2.45, 2.75) is 19.4 Å². The van der Waals surface area contributed by atoms with E-state index < -0.39 is 0 Å². The summed E-state index contributed by atoms with van der Waals surface area (Å²) in [5.74, 6) is 0.877. The van der Waals surface area contributed by atoms with E-state index in [0.29, 0.717) is 28.9 Å². The fourth-order valence-electron chi connectivity index (χ4n) is 3.72. The lowest BCUT2D eigenvalue weighted by Gasteiger charge is -2.24. The van der Waals surface area contributed by atoms with Crippen molar-refractivity contribution in [2.75, 3.05) is 24.4 Å². The van der Waals surface area contributed by atoms with Gasteiger partial charge in [0, 0.05) is 17.8 Å². The van der Waals surface area contributed by atoms with Gasteiger partial charge in [0.05, 0.1) is 31.8 Å². The van der Waals surface area contributed by atoms with E-state index in [4.69, 9.17) is 9.47 Å².